The van der Waals surface area contributed by atoms with E-state index in [1.807, 2.05) is 0 Å². The van der Waals surface area contributed by atoms with Crippen molar-refractivity contribution in [1.29, 1.82) is 0 Å². The van der Waals surface area contributed by atoms with E-state index in [1.165, 1.54) is 103 Å². The Morgan fingerprint density at radius 2 is 0.949 bits per heavy atom. The number of esters is 2. The zero-order valence-corrected chi connectivity index (χ0v) is 40.4. The van der Waals surface area contributed by atoms with E-state index in [2.05, 4.69) is 58.6 Å². The van der Waals surface area contributed by atoms with Gasteiger partial charge in [-0.3, -0.25) is 9.59 Å². The lowest BCUT2D eigenvalue weighted by Gasteiger charge is -2.29. The number of hydrogen-bond donors (Lipinski definition) is 0. The first kappa shape index (κ1) is 55.8. The third kappa shape index (κ3) is 32.2. The molecule has 1 aliphatic rings. The van der Waals surface area contributed by atoms with Gasteiger partial charge in [0.25, 0.3) is 0 Å². The molecule has 0 aromatic carbocycles. The summed E-state index contributed by atoms with van der Waals surface area (Å²) in [6.45, 7) is 13.8. The molecule has 0 aromatic heterocycles. The number of nitrogens with zero attached hydrogens (tertiary/aromatic N) is 2. The summed E-state index contributed by atoms with van der Waals surface area (Å²) in [5.41, 5.74) is 0. The lowest BCUT2D eigenvalue weighted by molar-refractivity contribution is -0.180. The molecular weight excluding hydrogens is 737 g/mol. The number of rotatable bonds is 43. The van der Waals surface area contributed by atoms with Crippen LogP contribution in [0.2, 0.25) is 0 Å². The first-order valence-corrected chi connectivity index (χ1v) is 25.6. The third-order valence-electron chi connectivity index (χ3n) is 12.7. The molecule has 8 nitrogen and oxygen atoms in total. The summed E-state index contributed by atoms with van der Waals surface area (Å²) in [4.78, 5) is 29.6. The molecule has 1 heterocycles. The summed E-state index contributed by atoms with van der Waals surface area (Å²) < 4.78 is 24.7. The summed E-state index contributed by atoms with van der Waals surface area (Å²) in [6.07, 6.45) is 36.2. The van der Waals surface area contributed by atoms with Crippen LogP contribution in [0, 0.1) is 11.8 Å². The molecule has 0 aliphatic carbocycles. The maximum absolute atomic E-state index is 12.5. The van der Waals surface area contributed by atoms with E-state index in [0.29, 0.717) is 44.5 Å². The van der Waals surface area contributed by atoms with Crippen LogP contribution >= 0.6 is 0 Å². The highest BCUT2D eigenvalue weighted by atomic mass is 16.7. The summed E-state index contributed by atoms with van der Waals surface area (Å²) in [5.74, 6) is 0.872. The fraction of sp³-hybridized carbons (Fsp3) is 0.961. The van der Waals surface area contributed by atoms with Gasteiger partial charge in [-0.25, -0.2) is 0 Å². The average molecular weight is 837 g/mol. The van der Waals surface area contributed by atoms with E-state index >= 15 is 0 Å². The highest BCUT2D eigenvalue weighted by Crippen LogP contribution is 2.35. The van der Waals surface area contributed by atoms with Crippen LogP contribution in [0.5, 0.6) is 0 Å². The SMILES string of the molecule is CCCCCC(CCCCC)CCOC(=O)CCCCCCCC1(CCCCCCCC(=O)OCCC(CCCCC)CCCCC)OCC(CN(C)CCN(C)C)O1. The molecule has 0 bridgehead atoms. The van der Waals surface area contributed by atoms with Crippen LogP contribution < -0.4 is 0 Å². The van der Waals surface area contributed by atoms with Crippen molar-refractivity contribution in [3.8, 4) is 0 Å². The first-order valence-electron chi connectivity index (χ1n) is 25.6. The molecule has 1 saturated heterocycles. The van der Waals surface area contributed by atoms with Crippen molar-refractivity contribution in [3.63, 3.8) is 0 Å². The van der Waals surface area contributed by atoms with Crippen molar-refractivity contribution in [2.75, 3.05) is 60.6 Å². The standard InChI is InChI=1S/C51H100N2O6/c1-8-12-22-30-46(31-23-13-9-2)36-42-56-49(54)34-26-18-16-20-28-38-51(58-45-48(59-51)44-53(7)41-40-52(5)6)39-29-21-17-19-27-35-50(55)57-43-37-47(32-24-14-10-3)33-25-15-11-4/h46-48H,8-45H2,1-7H3. The van der Waals surface area contributed by atoms with Gasteiger partial charge >= 0.3 is 11.9 Å². The molecule has 0 radical (unpaired) electrons. The Morgan fingerprint density at radius 1 is 0.542 bits per heavy atom. The van der Waals surface area contributed by atoms with Crippen molar-refractivity contribution >= 4 is 11.9 Å². The molecule has 59 heavy (non-hydrogen) atoms. The van der Waals surface area contributed by atoms with Gasteiger partial charge in [0, 0.05) is 45.3 Å². The number of likely N-dealkylation sites (N-methyl/N-ethyl adjacent to an activating group) is 2. The second-order valence-corrected chi connectivity index (χ2v) is 18.8. The van der Waals surface area contributed by atoms with Crippen molar-refractivity contribution in [1.82, 2.24) is 9.80 Å². The molecule has 8 heteroatoms. The molecule has 350 valence electrons. The second kappa shape index (κ2) is 38.5. The first-order chi connectivity index (χ1) is 28.7. The molecule has 0 saturated carbocycles. The lowest BCUT2D eigenvalue weighted by atomic mass is 9.92. The van der Waals surface area contributed by atoms with E-state index in [1.54, 1.807) is 0 Å². The summed E-state index contributed by atoms with van der Waals surface area (Å²) in [7, 11) is 6.42. The molecule has 0 N–H and O–H groups in total. The highest BCUT2D eigenvalue weighted by molar-refractivity contribution is 5.69. The van der Waals surface area contributed by atoms with Crippen LogP contribution in [0.15, 0.2) is 0 Å². The molecule has 1 unspecified atom stereocenters. The van der Waals surface area contributed by atoms with Gasteiger partial charge in [0.1, 0.15) is 0 Å². The quantitative estimate of drug-likeness (QED) is 0.0444. The van der Waals surface area contributed by atoms with E-state index in [9.17, 15) is 9.59 Å². The number of carbonyl (C=O) groups is 2. The van der Waals surface area contributed by atoms with Crippen molar-refractivity contribution < 1.29 is 28.5 Å². The van der Waals surface area contributed by atoms with Gasteiger partial charge in [-0.1, -0.05) is 169 Å². The molecule has 0 amide bonds. The number of hydrogen-bond acceptors (Lipinski definition) is 8. The largest absolute Gasteiger partial charge is 0.466 e. The molecule has 0 aromatic rings. The minimum atomic E-state index is -0.490. The molecule has 1 aliphatic heterocycles. The number of ether oxygens (including phenoxy) is 4. The Labute approximate surface area is 366 Å². The van der Waals surface area contributed by atoms with Gasteiger partial charge in [0.15, 0.2) is 5.79 Å². The van der Waals surface area contributed by atoms with Crippen LogP contribution in [-0.4, -0.2) is 94.2 Å². The van der Waals surface area contributed by atoms with Crippen molar-refractivity contribution in [2.45, 2.75) is 245 Å². The maximum Gasteiger partial charge on any atom is 0.305 e. The van der Waals surface area contributed by atoms with E-state index < -0.39 is 5.79 Å². The van der Waals surface area contributed by atoms with Gasteiger partial charge in [0.05, 0.1) is 25.9 Å². The molecule has 1 atom stereocenters. The van der Waals surface area contributed by atoms with E-state index in [-0.39, 0.29) is 18.0 Å². The molecule has 0 spiro atoms. The van der Waals surface area contributed by atoms with Gasteiger partial charge in [0.2, 0.25) is 0 Å². The number of unbranched alkanes of at least 4 members (excludes halogenated alkanes) is 16. The zero-order chi connectivity index (χ0) is 43.2. The summed E-state index contributed by atoms with van der Waals surface area (Å²) in [5, 5.41) is 0. The molecule has 1 rings (SSSR count). The van der Waals surface area contributed by atoms with Gasteiger partial charge in [-0.2, -0.15) is 0 Å². The van der Waals surface area contributed by atoms with Crippen LogP contribution in [-0.2, 0) is 28.5 Å². The van der Waals surface area contributed by atoms with Crippen molar-refractivity contribution in [2.24, 2.45) is 11.8 Å². The summed E-state index contributed by atoms with van der Waals surface area (Å²) in [6, 6.07) is 0. The Balaban J connectivity index is 2.40. The Kier molecular flexibility index (Phi) is 36.4. The second-order valence-electron chi connectivity index (χ2n) is 18.8. The predicted octanol–water partition coefficient (Wildman–Crippen LogP) is 13.5. The normalized spacial score (nSPS) is 15.3. The zero-order valence-electron chi connectivity index (χ0n) is 40.4. The van der Waals surface area contributed by atoms with Crippen LogP contribution in [0.3, 0.4) is 0 Å². The van der Waals surface area contributed by atoms with Crippen LogP contribution in [0.25, 0.3) is 0 Å². The van der Waals surface area contributed by atoms with Gasteiger partial charge in [-0.15, -0.1) is 0 Å². The minimum Gasteiger partial charge on any atom is -0.466 e. The Morgan fingerprint density at radius 3 is 1.36 bits per heavy atom. The topological polar surface area (TPSA) is 77.5 Å². The van der Waals surface area contributed by atoms with E-state index in [4.69, 9.17) is 18.9 Å². The van der Waals surface area contributed by atoms with E-state index in [0.717, 1.165) is 110 Å². The van der Waals surface area contributed by atoms with Gasteiger partial charge < -0.3 is 28.7 Å². The molecular formula is C51H100N2O6. The van der Waals surface area contributed by atoms with Crippen molar-refractivity contribution in [3.05, 3.63) is 0 Å². The monoisotopic (exact) mass is 837 g/mol. The summed E-state index contributed by atoms with van der Waals surface area (Å²) >= 11 is 0. The molecule has 1 fully saturated rings. The Hall–Kier alpha value is -1.22. The smallest absolute Gasteiger partial charge is 0.305 e. The van der Waals surface area contributed by atoms with Crippen LogP contribution in [0.1, 0.15) is 233 Å². The number of carbonyl (C=O) groups excluding carboxylic acids is 2. The maximum atomic E-state index is 12.5. The highest BCUT2D eigenvalue weighted by Gasteiger charge is 2.40. The fourth-order valence-electron chi connectivity index (χ4n) is 8.71. The fourth-order valence-corrected chi connectivity index (χ4v) is 8.71. The average Bonchev–Trinajstić information content (AvgIpc) is 3.61. The Bertz CT molecular complexity index is 887. The van der Waals surface area contributed by atoms with Crippen LogP contribution in [0.4, 0.5) is 0 Å². The minimum absolute atomic E-state index is 0.0196. The third-order valence-corrected chi connectivity index (χ3v) is 12.7. The lowest BCUT2D eigenvalue weighted by Crippen LogP contribution is -2.37. The van der Waals surface area contributed by atoms with Gasteiger partial charge in [-0.05, 0) is 71.5 Å². The predicted molar refractivity (Wildman–Crippen MR) is 249 cm³/mol.